The van der Waals surface area contributed by atoms with Crippen LogP contribution in [-0.4, -0.2) is 49.8 Å². The second-order valence-electron chi connectivity index (χ2n) is 8.14. The van der Waals surface area contributed by atoms with Gasteiger partial charge in [-0.1, -0.05) is 43.5 Å². The van der Waals surface area contributed by atoms with Crippen molar-refractivity contribution in [1.82, 2.24) is 15.5 Å². The number of guanidine groups is 1. The summed E-state index contributed by atoms with van der Waals surface area (Å²) < 4.78 is 0. The lowest BCUT2D eigenvalue weighted by Crippen LogP contribution is -2.44. The van der Waals surface area contributed by atoms with E-state index in [1.54, 1.807) is 0 Å². The molecule has 5 heteroatoms. The Labute approximate surface area is 165 Å². The monoisotopic (exact) mass is 374 g/mol. The van der Waals surface area contributed by atoms with Crippen molar-refractivity contribution in [3.8, 4) is 0 Å². The molecule has 27 heavy (non-hydrogen) atoms. The van der Waals surface area contributed by atoms with E-state index in [1.165, 1.54) is 43.2 Å². The van der Waals surface area contributed by atoms with Crippen LogP contribution in [0.3, 0.4) is 0 Å². The van der Waals surface area contributed by atoms with Crippen molar-refractivity contribution >= 4 is 5.96 Å². The molecule has 0 atom stereocenters. The van der Waals surface area contributed by atoms with Crippen LogP contribution in [0.2, 0.25) is 0 Å². The number of rotatable bonds is 9. The van der Waals surface area contributed by atoms with Gasteiger partial charge < -0.3 is 20.6 Å². The Kier molecular flexibility index (Phi) is 9.08. The first-order valence-corrected chi connectivity index (χ1v) is 10.4. The Balaban J connectivity index is 1.94. The molecular formula is C22H38N4O. The maximum atomic E-state index is 9.50. The first-order chi connectivity index (χ1) is 13.1. The van der Waals surface area contributed by atoms with E-state index in [1.807, 2.05) is 0 Å². The van der Waals surface area contributed by atoms with Crippen LogP contribution in [-0.2, 0) is 13.1 Å². The first-order valence-electron chi connectivity index (χ1n) is 10.4. The van der Waals surface area contributed by atoms with Gasteiger partial charge in [0.05, 0.1) is 6.54 Å². The number of benzene rings is 1. The van der Waals surface area contributed by atoms with Crippen molar-refractivity contribution in [2.75, 3.05) is 33.8 Å². The lowest BCUT2D eigenvalue weighted by molar-refractivity contribution is 0.131. The van der Waals surface area contributed by atoms with Crippen LogP contribution < -0.4 is 10.6 Å². The molecular weight excluding hydrogens is 336 g/mol. The van der Waals surface area contributed by atoms with E-state index in [-0.39, 0.29) is 12.0 Å². The predicted molar refractivity (Wildman–Crippen MR) is 114 cm³/mol. The number of nitrogens with one attached hydrogen (secondary N) is 2. The van der Waals surface area contributed by atoms with Crippen LogP contribution in [0.5, 0.6) is 0 Å². The molecule has 2 rings (SSSR count). The van der Waals surface area contributed by atoms with Gasteiger partial charge in [-0.2, -0.15) is 0 Å². The normalized spacial score (nSPS) is 17.1. The highest BCUT2D eigenvalue weighted by Gasteiger charge is 2.31. The fourth-order valence-electron chi connectivity index (χ4n) is 3.95. The summed E-state index contributed by atoms with van der Waals surface area (Å²) in [6, 6.07) is 8.70. The summed E-state index contributed by atoms with van der Waals surface area (Å²) in [5.41, 5.74) is 2.76. The smallest absolute Gasteiger partial charge is 0.191 e. The van der Waals surface area contributed by atoms with E-state index in [2.05, 4.69) is 60.8 Å². The molecule has 1 aromatic carbocycles. The van der Waals surface area contributed by atoms with E-state index in [0.717, 1.165) is 32.0 Å². The van der Waals surface area contributed by atoms with Crippen LogP contribution >= 0.6 is 0 Å². The average Bonchev–Trinajstić information content (AvgIpc) is 2.66. The summed E-state index contributed by atoms with van der Waals surface area (Å²) >= 11 is 0. The fraction of sp³-hybridized carbons (Fsp3) is 0.682. The molecule has 0 aromatic heterocycles. The topological polar surface area (TPSA) is 59.9 Å². The van der Waals surface area contributed by atoms with E-state index in [4.69, 9.17) is 4.99 Å². The summed E-state index contributed by atoms with van der Waals surface area (Å²) in [4.78, 5) is 6.95. The minimum absolute atomic E-state index is 0.219. The van der Waals surface area contributed by atoms with Crippen molar-refractivity contribution in [2.24, 2.45) is 10.4 Å². The third-order valence-corrected chi connectivity index (χ3v) is 5.47. The molecule has 0 saturated heterocycles. The van der Waals surface area contributed by atoms with Crippen molar-refractivity contribution in [1.29, 1.82) is 0 Å². The van der Waals surface area contributed by atoms with Crippen molar-refractivity contribution < 1.29 is 5.11 Å². The zero-order valence-electron chi connectivity index (χ0n) is 17.4. The van der Waals surface area contributed by atoms with Crippen molar-refractivity contribution in [3.05, 3.63) is 35.4 Å². The fourth-order valence-corrected chi connectivity index (χ4v) is 3.95. The number of aliphatic hydroxyl groups is 1. The van der Waals surface area contributed by atoms with Gasteiger partial charge in [-0.25, -0.2) is 4.99 Å². The first kappa shape index (κ1) is 21.7. The lowest BCUT2D eigenvalue weighted by Gasteiger charge is -2.37. The molecule has 1 aliphatic carbocycles. The molecule has 0 bridgehead atoms. The van der Waals surface area contributed by atoms with Gasteiger partial charge in [0.25, 0.3) is 0 Å². The van der Waals surface area contributed by atoms with Gasteiger partial charge in [-0.3, -0.25) is 0 Å². The van der Waals surface area contributed by atoms with Gasteiger partial charge in [-0.15, -0.1) is 0 Å². The summed E-state index contributed by atoms with van der Waals surface area (Å²) in [6.07, 6.45) is 7.15. The second-order valence-corrected chi connectivity index (χ2v) is 8.14. The molecule has 5 nitrogen and oxygen atoms in total. The number of hydrogen-bond donors (Lipinski definition) is 3. The zero-order chi connectivity index (χ0) is 19.5. The zero-order valence-corrected chi connectivity index (χ0v) is 17.4. The molecule has 0 aliphatic heterocycles. The highest BCUT2D eigenvalue weighted by atomic mass is 16.3. The number of hydrogen-bond acceptors (Lipinski definition) is 3. The summed E-state index contributed by atoms with van der Waals surface area (Å²) in [6.45, 7) is 5.74. The van der Waals surface area contributed by atoms with Crippen LogP contribution in [0.15, 0.2) is 29.3 Å². The predicted octanol–water partition coefficient (Wildman–Crippen LogP) is 3.14. The minimum Gasteiger partial charge on any atom is -0.396 e. The van der Waals surface area contributed by atoms with Gasteiger partial charge in [0, 0.05) is 26.2 Å². The third kappa shape index (κ3) is 7.51. The summed E-state index contributed by atoms with van der Waals surface area (Å²) in [5, 5.41) is 16.4. The van der Waals surface area contributed by atoms with Gasteiger partial charge in [0.2, 0.25) is 0 Å². The van der Waals surface area contributed by atoms with Gasteiger partial charge >= 0.3 is 0 Å². The standard InChI is InChI=1S/C22H38N4O/c1-4-23-21(25-18-22(14-15-27)12-6-5-7-13-22)24-16-19-8-10-20(11-9-19)17-26(2)3/h8-11,27H,4-7,12-18H2,1-3H3,(H2,23,24,25). The molecule has 0 heterocycles. The van der Waals surface area contributed by atoms with Gasteiger partial charge in [-0.05, 0) is 56.8 Å². The number of aliphatic hydroxyl groups excluding tert-OH is 1. The van der Waals surface area contributed by atoms with E-state index in [9.17, 15) is 5.11 Å². The number of aliphatic imine (C=N–C) groups is 1. The Bertz CT molecular complexity index is 557. The van der Waals surface area contributed by atoms with Gasteiger partial charge in [0.1, 0.15) is 0 Å². The summed E-state index contributed by atoms with van der Waals surface area (Å²) in [7, 11) is 4.17. The molecule has 0 unspecified atom stereocenters. The lowest BCUT2D eigenvalue weighted by atomic mass is 9.72. The Morgan fingerprint density at radius 1 is 1.07 bits per heavy atom. The second kappa shape index (κ2) is 11.3. The maximum absolute atomic E-state index is 9.50. The van der Waals surface area contributed by atoms with E-state index < -0.39 is 0 Å². The summed E-state index contributed by atoms with van der Waals surface area (Å²) in [5.74, 6) is 0.873. The molecule has 0 radical (unpaired) electrons. The molecule has 152 valence electrons. The largest absolute Gasteiger partial charge is 0.396 e. The Morgan fingerprint density at radius 3 is 2.33 bits per heavy atom. The van der Waals surface area contributed by atoms with Crippen LogP contribution in [0.1, 0.15) is 56.6 Å². The Hall–Kier alpha value is -1.59. The van der Waals surface area contributed by atoms with E-state index in [0.29, 0.717) is 6.54 Å². The van der Waals surface area contributed by atoms with Crippen molar-refractivity contribution in [2.45, 2.75) is 58.5 Å². The molecule has 1 aliphatic rings. The minimum atomic E-state index is 0.219. The van der Waals surface area contributed by atoms with Gasteiger partial charge in [0.15, 0.2) is 5.96 Å². The van der Waals surface area contributed by atoms with Crippen LogP contribution in [0.25, 0.3) is 0 Å². The van der Waals surface area contributed by atoms with Crippen molar-refractivity contribution in [3.63, 3.8) is 0 Å². The SMILES string of the molecule is CCNC(=NCc1ccc(CN(C)C)cc1)NCC1(CCO)CCCCC1. The highest BCUT2D eigenvalue weighted by molar-refractivity contribution is 5.79. The molecule has 1 saturated carbocycles. The molecule has 3 N–H and O–H groups in total. The van der Waals surface area contributed by atoms with Crippen LogP contribution in [0.4, 0.5) is 0 Å². The quantitative estimate of drug-likeness (QED) is 0.459. The molecule has 1 aromatic rings. The third-order valence-electron chi connectivity index (χ3n) is 5.47. The highest BCUT2D eigenvalue weighted by Crippen LogP contribution is 2.38. The Morgan fingerprint density at radius 2 is 1.74 bits per heavy atom. The van der Waals surface area contributed by atoms with Crippen LogP contribution in [0, 0.1) is 5.41 Å². The van der Waals surface area contributed by atoms with E-state index >= 15 is 0 Å². The maximum Gasteiger partial charge on any atom is 0.191 e. The average molecular weight is 375 g/mol. The molecule has 0 amide bonds. The number of nitrogens with zero attached hydrogens (tertiary/aromatic N) is 2. The molecule has 0 spiro atoms. The molecule has 1 fully saturated rings.